The van der Waals surface area contributed by atoms with Crippen molar-refractivity contribution >= 4 is 81.1 Å². The summed E-state index contributed by atoms with van der Waals surface area (Å²) in [4.78, 5) is 39.4. The Morgan fingerprint density at radius 2 is 1.86 bits per heavy atom. The number of thiophene rings is 1. The highest BCUT2D eigenvalue weighted by Crippen LogP contribution is 2.34. The standard InChI is InChI=1S/C28H30N8O3S3/c1-28(11-12-28)34-22(37)15-39-20-8-6-19(7-9-20)30-25-31-24(29-18-4-2-3-5-18)32-26(33-25)35-36-23(38)21(42-27(36)40)14-17-10-13-41-16-17/h6-10,13-14,16,18H,2-5,11-12,15H2,1H3,(H,34,37)(H3,29,30,31,32,33,35)/b21-14-. The summed E-state index contributed by atoms with van der Waals surface area (Å²) in [5.74, 6) is 1.04. The first-order valence-electron chi connectivity index (χ1n) is 13.7. The summed E-state index contributed by atoms with van der Waals surface area (Å²) in [6.07, 6.45) is 8.20. The second kappa shape index (κ2) is 12.2. The molecule has 6 rings (SSSR count). The molecule has 2 aromatic heterocycles. The lowest BCUT2D eigenvalue weighted by atomic mass is 10.2. The normalized spacial score (nSPS) is 18.8. The number of hydrogen-bond acceptors (Lipinski definition) is 12. The molecule has 14 heteroatoms. The number of nitrogens with one attached hydrogen (secondary N) is 4. The van der Waals surface area contributed by atoms with E-state index in [1.54, 1.807) is 23.5 Å². The lowest BCUT2D eigenvalue weighted by molar-refractivity contribution is -0.124. The SMILES string of the molecule is CC1(NC(=O)COc2ccc(Nc3nc(NC4CCCC4)nc(NN4C(=O)/C(=C/c5ccsc5)SC4=S)n3)cc2)CC1. The zero-order valence-corrected chi connectivity index (χ0v) is 25.3. The number of benzene rings is 1. The lowest BCUT2D eigenvalue weighted by Crippen LogP contribution is -2.37. The number of hydrazine groups is 1. The van der Waals surface area contributed by atoms with Gasteiger partial charge in [0.1, 0.15) is 5.75 Å². The van der Waals surface area contributed by atoms with Gasteiger partial charge in [0.05, 0.1) is 4.91 Å². The van der Waals surface area contributed by atoms with Crippen molar-refractivity contribution < 1.29 is 14.3 Å². The average Bonchev–Trinajstić information content (AvgIpc) is 3.35. The quantitative estimate of drug-likeness (QED) is 0.164. The molecule has 2 aliphatic carbocycles. The number of carbonyl (C=O) groups excluding carboxylic acids is 2. The second-order valence-electron chi connectivity index (χ2n) is 10.7. The van der Waals surface area contributed by atoms with Gasteiger partial charge in [0.15, 0.2) is 10.9 Å². The topological polar surface area (TPSA) is 133 Å². The van der Waals surface area contributed by atoms with E-state index >= 15 is 0 Å². The van der Waals surface area contributed by atoms with Crippen molar-refractivity contribution in [3.63, 3.8) is 0 Å². The zero-order chi connectivity index (χ0) is 29.1. The number of ether oxygens (including phenoxy) is 1. The van der Waals surface area contributed by atoms with Crippen LogP contribution in [0.4, 0.5) is 23.5 Å². The van der Waals surface area contributed by atoms with Gasteiger partial charge in [-0.15, -0.1) is 0 Å². The van der Waals surface area contributed by atoms with Gasteiger partial charge in [-0.3, -0.25) is 15.0 Å². The molecule has 3 aromatic rings. The molecular formula is C28H30N8O3S3. The third kappa shape index (κ3) is 7.17. The van der Waals surface area contributed by atoms with Crippen LogP contribution >= 0.6 is 35.3 Å². The first-order valence-corrected chi connectivity index (χ1v) is 15.9. The van der Waals surface area contributed by atoms with Gasteiger partial charge in [-0.2, -0.15) is 31.3 Å². The second-order valence-corrected chi connectivity index (χ2v) is 13.1. The van der Waals surface area contributed by atoms with Crippen LogP contribution in [0.1, 0.15) is 51.0 Å². The number of hydrogen-bond donors (Lipinski definition) is 4. The Morgan fingerprint density at radius 3 is 2.57 bits per heavy atom. The summed E-state index contributed by atoms with van der Waals surface area (Å²) in [6, 6.07) is 9.38. The van der Waals surface area contributed by atoms with E-state index in [9.17, 15) is 9.59 Å². The van der Waals surface area contributed by atoms with Gasteiger partial charge in [-0.05, 0) is 97.6 Å². The summed E-state index contributed by atoms with van der Waals surface area (Å²) in [5, 5.41) is 14.8. The molecule has 0 unspecified atom stereocenters. The number of aromatic nitrogens is 3. The molecule has 1 aliphatic heterocycles. The van der Waals surface area contributed by atoms with E-state index in [-0.39, 0.29) is 41.9 Å². The van der Waals surface area contributed by atoms with Gasteiger partial charge in [0, 0.05) is 17.3 Å². The number of amides is 2. The van der Waals surface area contributed by atoms with Crippen molar-refractivity contribution in [2.45, 2.75) is 57.0 Å². The Kier molecular flexibility index (Phi) is 8.27. The van der Waals surface area contributed by atoms with Crippen LogP contribution < -0.4 is 26.1 Å². The van der Waals surface area contributed by atoms with Crippen molar-refractivity contribution in [3.05, 3.63) is 51.6 Å². The number of thioether (sulfide) groups is 1. The fourth-order valence-corrected chi connectivity index (χ4v) is 6.37. The Balaban J connectivity index is 1.15. The lowest BCUT2D eigenvalue weighted by Gasteiger charge is -2.18. The monoisotopic (exact) mass is 622 g/mol. The van der Waals surface area contributed by atoms with Gasteiger partial charge < -0.3 is 20.7 Å². The van der Waals surface area contributed by atoms with E-state index in [0.717, 1.165) is 44.1 Å². The van der Waals surface area contributed by atoms with E-state index in [1.807, 2.05) is 42.0 Å². The minimum atomic E-state index is -0.271. The molecule has 1 aromatic carbocycles. The van der Waals surface area contributed by atoms with Crippen LogP contribution in [0.3, 0.4) is 0 Å². The summed E-state index contributed by atoms with van der Waals surface area (Å²) in [6.45, 7) is 1.99. The number of carbonyl (C=O) groups is 2. The van der Waals surface area contributed by atoms with Gasteiger partial charge >= 0.3 is 0 Å². The van der Waals surface area contributed by atoms with Crippen LogP contribution in [0.15, 0.2) is 46.0 Å². The summed E-state index contributed by atoms with van der Waals surface area (Å²) in [5.41, 5.74) is 4.57. The predicted octanol–water partition coefficient (Wildman–Crippen LogP) is 5.31. The molecule has 218 valence electrons. The molecule has 3 fully saturated rings. The Labute approximate surface area is 256 Å². The van der Waals surface area contributed by atoms with Crippen molar-refractivity contribution in [1.29, 1.82) is 0 Å². The van der Waals surface area contributed by atoms with Gasteiger partial charge in [0.25, 0.3) is 11.8 Å². The Morgan fingerprint density at radius 1 is 1.12 bits per heavy atom. The average molecular weight is 623 g/mol. The molecule has 3 aliphatic rings. The number of anilines is 4. The molecule has 2 amide bonds. The van der Waals surface area contributed by atoms with Crippen LogP contribution in [-0.4, -0.2) is 54.3 Å². The fraction of sp³-hybridized carbons (Fsp3) is 0.357. The maximum Gasteiger partial charge on any atom is 0.285 e. The fourth-order valence-electron chi connectivity index (χ4n) is 4.57. The molecule has 0 radical (unpaired) electrons. The predicted molar refractivity (Wildman–Crippen MR) is 170 cm³/mol. The molecule has 0 spiro atoms. The van der Waals surface area contributed by atoms with E-state index in [0.29, 0.717) is 26.6 Å². The molecule has 3 heterocycles. The maximum atomic E-state index is 13.1. The molecule has 0 bridgehead atoms. The molecule has 11 nitrogen and oxygen atoms in total. The van der Waals surface area contributed by atoms with Gasteiger partial charge in [0.2, 0.25) is 17.8 Å². The maximum absolute atomic E-state index is 13.1. The van der Waals surface area contributed by atoms with E-state index in [2.05, 4.69) is 36.3 Å². The minimum Gasteiger partial charge on any atom is -0.484 e. The van der Waals surface area contributed by atoms with Crippen LogP contribution in [0.2, 0.25) is 0 Å². The summed E-state index contributed by atoms with van der Waals surface area (Å²) < 4.78 is 6.00. The third-order valence-corrected chi connectivity index (χ3v) is 9.10. The number of rotatable bonds is 11. The molecule has 1 saturated heterocycles. The molecule has 4 N–H and O–H groups in total. The van der Waals surface area contributed by atoms with Crippen molar-refractivity contribution in [3.8, 4) is 5.75 Å². The number of thiocarbonyl (C=S) groups is 1. The van der Waals surface area contributed by atoms with E-state index in [1.165, 1.54) is 16.8 Å². The third-order valence-electron chi connectivity index (χ3n) is 7.09. The molecule has 0 atom stereocenters. The smallest absolute Gasteiger partial charge is 0.285 e. The van der Waals surface area contributed by atoms with Crippen LogP contribution in [0.5, 0.6) is 5.75 Å². The molecular weight excluding hydrogens is 593 g/mol. The molecule has 42 heavy (non-hydrogen) atoms. The highest BCUT2D eigenvalue weighted by atomic mass is 32.2. The first kappa shape index (κ1) is 28.4. The van der Waals surface area contributed by atoms with E-state index < -0.39 is 0 Å². The highest BCUT2D eigenvalue weighted by Gasteiger charge is 2.38. The largest absolute Gasteiger partial charge is 0.484 e. The van der Waals surface area contributed by atoms with Gasteiger partial charge in [-0.25, -0.2) is 0 Å². The molecule has 2 saturated carbocycles. The van der Waals surface area contributed by atoms with Crippen LogP contribution in [-0.2, 0) is 9.59 Å². The summed E-state index contributed by atoms with van der Waals surface area (Å²) in [7, 11) is 0. The highest BCUT2D eigenvalue weighted by molar-refractivity contribution is 8.26. The van der Waals surface area contributed by atoms with Crippen molar-refractivity contribution in [2.75, 3.05) is 22.7 Å². The van der Waals surface area contributed by atoms with Gasteiger partial charge in [-0.1, -0.05) is 24.6 Å². The van der Waals surface area contributed by atoms with Crippen molar-refractivity contribution in [1.82, 2.24) is 25.3 Å². The first-order chi connectivity index (χ1) is 20.3. The minimum absolute atomic E-state index is 0.0411. The Hall–Kier alpha value is -3.75. The Bertz CT molecular complexity index is 1500. The number of nitrogens with zero attached hydrogens (tertiary/aromatic N) is 4. The van der Waals surface area contributed by atoms with Crippen LogP contribution in [0.25, 0.3) is 6.08 Å². The van der Waals surface area contributed by atoms with E-state index in [4.69, 9.17) is 17.0 Å². The van der Waals surface area contributed by atoms with Crippen LogP contribution in [0, 0.1) is 0 Å². The zero-order valence-electron chi connectivity index (χ0n) is 22.9. The van der Waals surface area contributed by atoms with Crippen molar-refractivity contribution in [2.24, 2.45) is 0 Å². The summed E-state index contributed by atoms with van der Waals surface area (Å²) >= 11 is 8.26.